The molecule has 0 aliphatic carbocycles. The molecule has 2 amide bonds. The van der Waals surface area contributed by atoms with Crippen LogP contribution >= 0.6 is 12.2 Å². The van der Waals surface area contributed by atoms with Crippen LogP contribution in [0.25, 0.3) is 0 Å². The van der Waals surface area contributed by atoms with Crippen molar-refractivity contribution in [2.75, 3.05) is 11.9 Å². The smallest absolute Gasteiger partial charge is 0.251 e. The summed E-state index contributed by atoms with van der Waals surface area (Å²) in [4.78, 5) is 23.8. The molecule has 2 aromatic carbocycles. The topological polar surface area (TPSA) is 70.2 Å². The van der Waals surface area contributed by atoms with Crippen molar-refractivity contribution in [2.45, 2.75) is 13.3 Å². The van der Waals surface area contributed by atoms with Gasteiger partial charge in [-0.25, -0.2) is 0 Å². The third kappa shape index (κ3) is 5.48. The van der Waals surface area contributed by atoms with Crippen molar-refractivity contribution in [1.82, 2.24) is 10.6 Å². The van der Waals surface area contributed by atoms with Gasteiger partial charge in [0.15, 0.2) is 5.11 Å². The number of nitrogens with one attached hydrogen (secondary N) is 3. The summed E-state index contributed by atoms with van der Waals surface area (Å²) in [5, 5.41) is 8.48. The highest BCUT2D eigenvalue weighted by Gasteiger charge is 2.08. The Morgan fingerprint density at radius 3 is 2.50 bits per heavy atom. The largest absolute Gasteiger partial charge is 0.352 e. The number of benzene rings is 2. The van der Waals surface area contributed by atoms with Crippen molar-refractivity contribution >= 4 is 34.8 Å². The van der Waals surface area contributed by atoms with Gasteiger partial charge < -0.3 is 16.0 Å². The van der Waals surface area contributed by atoms with E-state index in [4.69, 9.17) is 12.2 Å². The van der Waals surface area contributed by atoms with Gasteiger partial charge in [0.25, 0.3) is 5.91 Å². The maximum absolute atomic E-state index is 12.0. The average Bonchev–Trinajstić information content (AvgIpc) is 2.56. The molecule has 0 spiro atoms. The molecule has 3 N–H and O–H groups in total. The first-order valence-corrected chi connectivity index (χ1v) is 8.02. The molecule has 0 aliphatic heterocycles. The third-order valence-corrected chi connectivity index (χ3v) is 3.38. The van der Waals surface area contributed by atoms with E-state index in [-0.39, 0.29) is 23.3 Å². The van der Waals surface area contributed by atoms with Crippen LogP contribution in [0.2, 0.25) is 0 Å². The summed E-state index contributed by atoms with van der Waals surface area (Å²) in [6.45, 7) is 2.42. The van der Waals surface area contributed by atoms with Gasteiger partial charge >= 0.3 is 0 Å². The van der Waals surface area contributed by atoms with Crippen molar-refractivity contribution in [3.8, 4) is 0 Å². The second-order valence-electron chi connectivity index (χ2n) is 5.10. The van der Waals surface area contributed by atoms with Crippen LogP contribution in [0.15, 0.2) is 54.6 Å². The lowest BCUT2D eigenvalue weighted by Gasteiger charge is -2.11. The molecule has 0 heterocycles. The van der Waals surface area contributed by atoms with Gasteiger partial charge in [0.1, 0.15) is 0 Å². The molecule has 0 saturated carbocycles. The number of amides is 2. The minimum absolute atomic E-state index is 0.153. The lowest BCUT2D eigenvalue weighted by Crippen LogP contribution is -2.35. The van der Waals surface area contributed by atoms with Gasteiger partial charge in [-0.3, -0.25) is 9.59 Å². The standard InChI is InChI=1S/C18H19N3O2S/c1-2-19-17(23)14-9-6-10-15(12-14)20-18(24)21-16(22)11-13-7-4-3-5-8-13/h3-10,12H,2,11H2,1H3,(H,19,23)(H2,20,21,22,24). The quantitative estimate of drug-likeness (QED) is 0.731. The minimum Gasteiger partial charge on any atom is -0.352 e. The minimum atomic E-state index is -0.196. The van der Waals surface area contributed by atoms with Crippen LogP contribution in [-0.2, 0) is 11.2 Å². The first-order chi connectivity index (χ1) is 11.6. The van der Waals surface area contributed by atoms with Crippen molar-refractivity contribution < 1.29 is 9.59 Å². The third-order valence-electron chi connectivity index (χ3n) is 3.18. The molecule has 0 fully saturated rings. The molecular formula is C18H19N3O2S. The van der Waals surface area contributed by atoms with Gasteiger partial charge in [-0.2, -0.15) is 0 Å². The summed E-state index contributed by atoms with van der Waals surface area (Å²) in [5.41, 5.74) is 2.08. The predicted octanol–water partition coefficient (Wildman–Crippen LogP) is 2.49. The molecule has 2 rings (SSSR count). The van der Waals surface area contributed by atoms with Crippen LogP contribution in [0.1, 0.15) is 22.8 Å². The maximum atomic E-state index is 12.0. The molecule has 0 aliphatic rings. The number of hydrogen-bond donors (Lipinski definition) is 3. The summed E-state index contributed by atoms with van der Waals surface area (Å²) >= 11 is 5.15. The molecule has 5 nitrogen and oxygen atoms in total. The lowest BCUT2D eigenvalue weighted by atomic mass is 10.1. The van der Waals surface area contributed by atoms with Crippen LogP contribution in [0.5, 0.6) is 0 Å². The first kappa shape index (κ1) is 17.6. The van der Waals surface area contributed by atoms with E-state index >= 15 is 0 Å². The molecule has 2 aromatic rings. The van der Waals surface area contributed by atoms with E-state index in [1.165, 1.54) is 0 Å². The van der Waals surface area contributed by atoms with Gasteiger partial charge in [0, 0.05) is 17.8 Å². The number of carbonyl (C=O) groups excluding carboxylic acids is 2. The van der Waals surface area contributed by atoms with Crippen LogP contribution in [-0.4, -0.2) is 23.5 Å². The molecule has 0 unspecified atom stereocenters. The van der Waals surface area contributed by atoms with E-state index in [0.29, 0.717) is 17.8 Å². The summed E-state index contributed by atoms with van der Waals surface area (Å²) in [7, 11) is 0. The Morgan fingerprint density at radius 1 is 1.04 bits per heavy atom. The molecule has 6 heteroatoms. The highest BCUT2D eigenvalue weighted by Crippen LogP contribution is 2.10. The number of carbonyl (C=O) groups is 2. The Labute approximate surface area is 146 Å². The Balaban J connectivity index is 1.91. The number of hydrogen-bond acceptors (Lipinski definition) is 3. The van der Waals surface area contributed by atoms with Gasteiger partial charge in [-0.05, 0) is 42.9 Å². The zero-order chi connectivity index (χ0) is 17.4. The Morgan fingerprint density at radius 2 is 1.79 bits per heavy atom. The Bertz CT molecular complexity index is 732. The Hall–Kier alpha value is -2.73. The molecule has 0 atom stereocenters. The zero-order valence-electron chi connectivity index (χ0n) is 13.3. The van der Waals surface area contributed by atoms with E-state index in [0.717, 1.165) is 5.56 Å². The van der Waals surface area contributed by atoms with Crippen molar-refractivity contribution in [3.05, 3.63) is 65.7 Å². The highest BCUT2D eigenvalue weighted by molar-refractivity contribution is 7.80. The van der Waals surface area contributed by atoms with E-state index in [1.54, 1.807) is 24.3 Å². The van der Waals surface area contributed by atoms with Crippen LogP contribution in [0.4, 0.5) is 5.69 Å². The molecule has 124 valence electrons. The van der Waals surface area contributed by atoms with E-state index in [9.17, 15) is 9.59 Å². The fraction of sp³-hybridized carbons (Fsp3) is 0.167. The lowest BCUT2D eigenvalue weighted by molar-refractivity contribution is -0.119. The second kappa shape index (κ2) is 8.79. The number of rotatable bonds is 5. The summed E-state index contributed by atoms with van der Waals surface area (Å²) in [6, 6.07) is 16.3. The van der Waals surface area contributed by atoms with Gasteiger partial charge in [-0.15, -0.1) is 0 Å². The van der Waals surface area contributed by atoms with Gasteiger partial charge in [0.05, 0.1) is 6.42 Å². The molecule has 0 bridgehead atoms. The van der Waals surface area contributed by atoms with Gasteiger partial charge in [0.2, 0.25) is 5.91 Å². The monoisotopic (exact) mass is 341 g/mol. The maximum Gasteiger partial charge on any atom is 0.251 e. The van der Waals surface area contributed by atoms with Crippen LogP contribution in [0.3, 0.4) is 0 Å². The average molecular weight is 341 g/mol. The number of anilines is 1. The van der Waals surface area contributed by atoms with Crippen LogP contribution < -0.4 is 16.0 Å². The molecule has 0 aromatic heterocycles. The first-order valence-electron chi connectivity index (χ1n) is 7.61. The Kier molecular flexibility index (Phi) is 6.45. The molecular weight excluding hydrogens is 322 g/mol. The molecule has 24 heavy (non-hydrogen) atoms. The summed E-state index contributed by atoms with van der Waals surface area (Å²) < 4.78 is 0. The zero-order valence-corrected chi connectivity index (χ0v) is 14.2. The number of thiocarbonyl (C=S) groups is 1. The van der Waals surface area contributed by atoms with E-state index < -0.39 is 0 Å². The van der Waals surface area contributed by atoms with Crippen molar-refractivity contribution in [2.24, 2.45) is 0 Å². The highest BCUT2D eigenvalue weighted by atomic mass is 32.1. The van der Waals surface area contributed by atoms with E-state index in [2.05, 4.69) is 16.0 Å². The second-order valence-corrected chi connectivity index (χ2v) is 5.51. The molecule has 0 saturated heterocycles. The molecule has 0 radical (unpaired) electrons. The summed E-state index contributed by atoms with van der Waals surface area (Å²) in [5.74, 6) is -0.348. The predicted molar refractivity (Wildman–Crippen MR) is 99.0 cm³/mol. The van der Waals surface area contributed by atoms with Crippen LogP contribution in [0, 0.1) is 0 Å². The van der Waals surface area contributed by atoms with Crippen molar-refractivity contribution in [1.29, 1.82) is 0 Å². The fourth-order valence-electron chi connectivity index (χ4n) is 2.12. The van der Waals surface area contributed by atoms with Gasteiger partial charge in [-0.1, -0.05) is 36.4 Å². The normalized spacial score (nSPS) is 9.88. The van der Waals surface area contributed by atoms with Crippen molar-refractivity contribution in [3.63, 3.8) is 0 Å². The summed E-state index contributed by atoms with van der Waals surface area (Å²) in [6.07, 6.45) is 0.252. The fourth-order valence-corrected chi connectivity index (χ4v) is 2.35. The van der Waals surface area contributed by atoms with E-state index in [1.807, 2.05) is 37.3 Å². The SMILES string of the molecule is CCNC(=O)c1cccc(NC(=S)NC(=O)Cc2ccccc2)c1.